The topological polar surface area (TPSA) is 24.5 Å². The lowest BCUT2D eigenvalue weighted by Gasteiger charge is -2.21. The Hall–Kier alpha value is -0.120. The number of ether oxygens (including phenoxy) is 1. The van der Waals surface area contributed by atoms with E-state index in [0.29, 0.717) is 6.04 Å². The summed E-state index contributed by atoms with van der Waals surface area (Å²) in [5, 5.41) is 3.46. The zero-order valence-electron chi connectivity index (χ0n) is 11.2. The summed E-state index contributed by atoms with van der Waals surface area (Å²) in [5.74, 6) is 0. The van der Waals surface area contributed by atoms with Gasteiger partial charge in [0.2, 0.25) is 0 Å². The molecule has 0 heterocycles. The lowest BCUT2D eigenvalue weighted by Crippen LogP contribution is -2.31. The van der Waals surface area contributed by atoms with Gasteiger partial charge in [-0.15, -0.1) is 0 Å². The third-order valence-electron chi connectivity index (χ3n) is 3.07. The second kappa shape index (κ2) is 8.04. The molecule has 1 saturated carbocycles. The van der Waals surface area contributed by atoms with Gasteiger partial charge in [0.05, 0.1) is 6.61 Å². The predicted molar refractivity (Wildman–Crippen MR) is 68.8 cm³/mol. The van der Waals surface area contributed by atoms with Crippen molar-refractivity contribution in [2.24, 2.45) is 0 Å². The summed E-state index contributed by atoms with van der Waals surface area (Å²) < 4.78 is 5.16. The molecule has 3 heteroatoms. The van der Waals surface area contributed by atoms with Crippen LogP contribution in [0.3, 0.4) is 0 Å². The second-order valence-electron chi connectivity index (χ2n) is 5.08. The third kappa shape index (κ3) is 6.46. The molecular formula is C13H28N2O. The van der Waals surface area contributed by atoms with Crippen molar-refractivity contribution in [2.45, 2.75) is 51.6 Å². The molecule has 1 N–H and O–H groups in total. The highest BCUT2D eigenvalue weighted by molar-refractivity contribution is 4.84. The van der Waals surface area contributed by atoms with Crippen molar-refractivity contribution in [3.8, 4) is 0 Å². The minimum absolute atomic E-state index is 0.619. The molecule has 0 radical (unpaired) electrons. The lowest BCUT2D eigenvalue weighted by atomic mass is 10.2. The molecule has 1 rings (SSSR count). The molecule has 96 valence electrons. The number of nitrogens with zero attached hydrogens (tertiary/aromatic N) is 1. The second-order valence-corrected chi connectivity index (χ2v) is 5.08. The van der Waals surface area contributed by atoms with Gasteiger partial charge in [0.1, 0.15) is 0 Å². The molecule has 1 aliphatic rings. The van der Waals surface area contributed by atoms with Crippen LogP contribution in [0.15, 0.2) is 0 Å². The van der Waals surface area contributed by atoms with E-state index in [0.717, 1.165) is 25.7 Å². The van der Waals surface area contributed by atoms with E-state index < -0.39 is 0 Å². The highest BCUT2D eigenvalue weighted by Gasteiger charge is 2.27. The van der Waals surface area contributed by atoms with Crippen LogP contribution >= 0.6 is 0 Å². The summed E-state index contributed by atoms with van der Waals surface area (Å²) >= 11 is 0. The number of hydrogen-bond donors (Lipinski definition) is 1. The van der Waals surface area contributed by atoms with Crippen LogP contribution in [0.2, 0.25) is 0 Å². The molecule has 1 aliphatic carbocycles. The molecule has 0 aliphatic heterocycles. The number of unbranched alkanes of at least 4 members (excludes halogenated alkanes) is 1. The minimum Gasteiger partial charge on any atom is -0.383 e. The first kappa shape index (κ1) is 13.9. The fraction of sp³-hybridized carbons (Fsp3) is 1.00. The summed E-state index contributed by atoms with van der Waals surface area (Å²) in [7, 11) is 1.79. The number of nitrogens with one attached hydrogen (secondary N) is 1. The fourth-order valence-corrected chi connectivity index (χ4v) is 1.96. The smallest absolute Gasteiger partial charge is 0.0589 e. The van der Waals surface area contributed by atoms with Crippen molar-refractivity contribution in [1.29, 1.82) is 0 Å². The molecule has 0 unspecified atom stereocenters. The molecule has 3 nitrogen and oxygen atoms in total. The fourth-order valence-electron chi connectivity index (χ4n) is 1.96. The average molecular weight is 228 g/mol. The summed E-state index contributed by atoms with van der Waals surface area (Å²) in [6, 6.07) is 1.49. The quantitative estimate of drug-likeness (QED) is 0.578. The summed E-state index contributed by atoms with van der Waals surface area (Å²) in [4.78, 5) is 2.60. The van der Waals surface area contributed by atoms with Gasteiger partial charge in [-0.05, 0) is 38.8 Å². The minimum atomic E-state index is 0.619. The van der Waals surface area contributed by atoms with Crippen LogP contribution in [0.5, 0.6) is 0 Å². The molecule has 0 saturated heterocycles. The SMILES string of the molecule is COCCN(CCCCNC(C)C)C1CC1. The molecule has 0 spiro atoms. The molecule has 16 heavy (non-hydrogen) atoms. The van der Waals surface area contributed by atoms with Crippen LogP contribution in [0.1, 0.15) is 39.5 Å². The largest absolute Gasteiger partial charge is 0.383 e. The molecule has 0 aromatic heterocycles. The van der Waals surface area contributed by atoms with Crippen molar-refractivity contribution in [3.63, 3.8) is 0 Å². The Labute approximate surface area is 101 Å². The van der Waals surface area contributed by atoms with Crippen LogP contribution in [-0.4, -0.2) is 50.3 Å². The molecule has 0 aromatic rings. The van der Waals surface area contributed by atoms with Crippen LogP contribution in [-0.2, 0) is 4.74 Å². The van der Waals surface area contributed by atoms with Gasteiger partial charge < -0.3 is 10.1 Å². The van der Waals surface area contributed by atoms with Gasteiger partial charge in [-0.25, -0.2) is 0 Å². The molecule has 0 bridgehead atoms. The van der Waals surface area contributed by atoms with Crippen LogP contribution < -0.4 is 5.32 Å². The Morgan fingerprint density at radius 3 is 2.56 bits per heavy atom. The maximum Gasteiger partial charge on any atom is 0.0589 e. The van der Waals surface area contributed by atoms with E-state index in [4.69, 9.17) is 4.74 Å². The zero-order chi connectivity index (χ0) is 11.8. The van der Waals surface area contributed by atoms with E-state index in [-0.39, 0.29) is 0 Å². The van der Waals surface area contributed by atoms with E-state index in [1.165, 1.54) is 32.2 Å². The molecule has 0 amide bonds. The highest BCUT2D eigenvalue weighted by Crippen LogP contribution is 2.26. The van der Waals surface area contributed by atoms with Gasteiger partial charge in [-0.2, -0.15) is 0 Å². The van der Waals surface area contributed by atoms with Crippen LogP contribution in [0.25, 0.3) is 0 Å². The van der Waals surface area contributed by atoms with E-state index in [2.05, 4.69) is 24.1 Å². The zero-order valence-corrected chi connectivity index (χ0v) is 11.2. The first-order valence-electron chi connectivity index (χ1n) is 6.70. The number of rotatable bonds is 10. The summed E-state index contributed by atoms with van der Waals surface area (Å²) in [6.07, 6.45) is 5.39. The Morgan fingerprint density at radius 2 is 2.00 bits per heavy atom. The number of hydrogen-bond acceptors (Lipinski definition) is 3. The van der Waals surface area contributed by atoms with Gasteiger partial charge in [0.15, 0.2) is 0 Å². The van der Waals surface area contributed by atoms with Crippen molar-refractivity contribution in [3.05, 3.63) is 0 Å². The summed E-state index contributed by atoms with van der Waals surface area (Å²) in [6.45, 7) is 8.79. The van der Waals surface area contributed by atoms with E-state index >= 15 is 0 Å². The Morgan fingerprint density at radius 1 is 1.25 bits per heavy atom. The Balaban J connectivity index is 1.99. The molecule has 0 atom stereocenters. The standard InChI is InChI=1S/C13H28N2O/c1-12(2)14-8-4-5-9-15(10-11-16-3)13-6-7-13/h12-14H,4-11H2,1-3H3. The normalized spacial score (nSPS) is 16.3. The van der Waals surface area contributed by atoms with Crippen LogP contribution in [0, 0.1) is 0 Å². The van der Waals surface area contributed by atoms with E-state index in [1.807, 2.05) is 0 Å². The van der Waals surface area contributed by atoms with Gasteiger partial charge in [0, 0.05) is 25.7 Å². The molecule has 0 aromatic carbocycles. The highest BCUT2D eigenvalue weighted by atomic mass is 16.5. The third-order valence-corrected chi connectivity index (χ3v) is 3.07. The maximum atomic E-state index is 5.16. The first-order chi connectivity index (χ1) is 7.74. The van der Waals surface area contributed by atoms with Crippen molar-refractivity contribution >= 4 is 0 Å². The maximum absolute atomic E-state index is 5.16. The van der Waals surface area contributed by atoms with E-state index in [1.54, 1.807) is 7.11 Å². The van der Waals surface area contributed by atoms with Gasteiger partial charge in [-0.1, -0.05) is 13.8 Å². The number of methoxy groups -OCH3 is 1. The van der Waals surface area contributed by atoms with Gasteiger partial charge in [0.25, 0.3) is 0 Å². The van der Waals surface area contributed by atoms with Gasteiger partial charge >= 0.3 is 0 Å². The molecular weight excluding hydrogens is 200 g/mol. The Bertz CT molecular complexity index is 169. The van der Waals surface area contributed by atoms with E-state index in [9.17, 15) is 0 Å². The van der Waals surface area contributed by atoms with Crippen molar-refractivity contribution in [1.82, 2.24) is 10.2 Å². The predicted octanol–water partition coefficient (Wildman–Crippen LogP) is 1.88. The molecule has 1 fully saturated rings. The first-order valence-corrected chi connectivity index (χ1v) is 6.70. The van der Waals surface area contributed by atoms with Crippen molar-refractivity contribution < 1.29 is 4.74 Å². The van der Waals surface area contributed by atoms with Crippen LogP contribution in [0.4, 0.5) is 0 Å². The monoisotopic (exact) mass is 228 g/mol. The lowest BCUT2D eigenvalue weighted by molar-refractivity contribution is 0.142. The van der Waals surface area contributed by atoms with Gasteiger partial charge in [-0.3, -0.25) is 4.90 Å². The average Bonchev–Trinajstić information content (AvgIpc) is 3.05. The van der Waals surface area contributed by atoms with Crippen molar-refractivity contribution in [2.75, 3.05) is 33.4 Å². The Kier molecular flexibility index (Phi) is 7.01. The summed E-state index contributed by atoms with van der Waals surface area (Å²) in [5.41, 5.74) is 0.